The molecule has 0 bridgehead atoms. The summed E-state index contributed by atoms with van der Waals surface area (Å²) < 4.78 is 5.15. The van der Waals surface area contributed by atoms with Crippen LogP contribution in [-0.4, -0.2) is 78.2 Å². The van der Waals surface area contributed by atoms with Gasteiger partial charge in [-0.15, -0.1) is 0 Å². The maximum Gasteiger partial charge on any atom is 0.325 e. The molecule has 48 heavy (non-hydrogen) atoms. The summed E-state index contributed by atoms with van der Waals surface area (Å²) in [5, 5.41) is 7.67. The van der Waals surface area contributed by atoms with Crippen molar-refractivity contribution in [2.24, 2.45) is 17.1 Å². The number of ketones is 1. The fourth-order valence-electron chi connectivity index (χ4n) is 4.67. The highest BCUT2D eigenvalue weighted by Gasteiger charge is 2.43. The number of nitrogens with zero attached hydrogens (tertiary/aromatic N) is 1. The van der Waals surface area contributed by atoms with Gasteiger partial charge in [-0.1, -0.05) is 110 Å². The maximum absolute atomic E-state index is 13.6. The molecule has 5 amide bonds. The minimum Gasteiger partial charge on any atom is -0.460 e. The first-order chi connectivity index (χ1) is 22.7. The first-order valence-corrected chi connectivity index (χ1v) is 17.3. The standard InChI is InChI=1S/C29H43N5O7.C4H8.C3H8/c1-6-8-10-18(7-2)17-41-22(35)16-31-28(40)33-24(29(3,4)5)27(39)34-14-9-11-21(34)26(38)32-20(15-19-12-13-19)23(36)25(30)37;1-2-4-3-1;1-3-2/h6-8,10,19-21,24H,2,9,11-17H2,1,3-5H3,(H2,30,37)(H,32,38)(H2,31,33,40);1-4H2;3H2,1-2H3/b8-6-,18-10+;;/t20?,21-,24?;;/m0../s1. The van der Waals surface area contributed by atoms with Crippen LogP contribution in [0.15, 0.2) is 36.5 Å². The van der Waals surface area contributed by atoms with E-state index in [-0.39, 0.29) is 19.1 Å². The van der Waals surface area contributed by atoms with E-state index in [2.05, 4.69) is 36.4 Å². The summed E-state index contributed by atoms with van der Waals surface area (Å²) in [5.74, 6) is -3.42. The molecule has 1 aliphatic heterocycles. The summed E-state index contributed by atoms with van der Waals surface area (Å²) in [6.45, 7) is 14.9. The third-order valence-corrected chi connectivity index (χ3v) is 7.93. The molecule has 3 atom stereocenters. The van der Waals surface area contributed by atoms with Crippen LogP contribution in [0, 0.1) is 11.3 Å². The van der Waals surface area contributed by atoms with Gasteiger partial charge in [0, 0.05) is 6.54 Å². The molecule has 2 saturated carbocycles. The van der Waals surface area contributed by atoms with E-state index in [0.717, 1.165) is 12.8 Å². The molecule has 12 nitrogen and oxygen atoms in total. The van der Waals surface area contributed by atoms with Crippen LogP contribution in [0.1, 0.15) is 106 Å². The normalized spacial score (nSPS) is 18.4. The summed E-state index contributed by atoms with van der Waals surface area (Å²) in [7, 11) is 0. The van der Waals surface area contributed by atoms with Gasteiger partial charge in [0.1, 0.15) is 25.2 Å². The third-order valence-electron chi connectivity index (χ3n) is 7.93. The van der Waals surface area contributed by atoms with Crippen molar-refractivity contribution in [2.45, 2.75) is 124 Å². The molecule has 3 aliphatic rings. The number of rotatable bonds is 14. The summed E-state index contributed by atoms with van der Waals surface area (Å²) in [6, 6.07) is -3.68. The molecule has 0 aromatic heterocycles. The Kier molecular flexibility index (Phi) is 19.1. The Hall–Kier alpha value is -3.96. The molecule has 3 rings (SSSR count). The van der Waals surface area contributed by atoms with Gasteiger partial charge in [0.25, 0.3) is 5.91 Å². The number of esters is 1. The molecular formula is C36H59N5O7. The minimum atomic E-state index is -1.12. The average molecular weight is 674 g/mol. The number of nitrogens with two attached hydrogens (primary N) is 1. The van der Waals surface area contributed by atoms with Gasteiger partial charge in [0.15, 0.2) is 0 Å². The fourth-order valence-corrected chi connectivity index (χ4v) is 4.67. The first kappa shape index (κ1) is 42.1. The van der Waals surface area contributed by atoms with E-state index >= 15 is 0 Å². The van der Waals surface area contributed by atoms with E-state index in [1.54, 1.807) is 39.0 Å². The van der Waals surface area contributed by atoms with Crippen molar-refractivity contribution in [1.29, 1.82) is 0 Å². The Morgan fingerprint density at radius 1 is 0.979 bits per heavy atom. The van der Waals surface area contributed by atoms with E-state index in [1.165, 1.54) is 37.0 Å². The van der Waals surface area contributed by atoms with Crippen LogP contribution in [0.2, 0.25) is 0 Å². The van der Waals surface area contributed by atoms with Crippen molar-refractivity contribution < 1.29 is 33.5 Å². The summed E-state index contributed by atoms with van der Waals surface area (Å²) in [4.78, 5) is 76.8. The first-order valence-electron chi connectivity index (χ1n) is 17.3. The minimum absolute atomic E-state index is 0.00988. The largest absolute Gasteiger partial charge is 0.460 e. The third kappa shape index (κ3) is 15.8. The van der Waals surface area contributed by atoms with Crippen LogP contribution in [0.25, 0.3) is 0 Å². The van der Waals surface area contributed by atoms with Gasteiger partial charge >= 0.3 is 12.0 Å². The zero-order valence-corrected chi connectivity index (χ0v) is 29.9. The van der Waals surface area contributed by atoms with E-state index < -0.39 is 65.6 Å². The lowest BCUT2D eigenvalue weighted by Crippen LogP contribution is -2.60. The summed E-state index contributed by atoms with van der Waals surface area (Å²) in [6.07, 6.45) is 17.2. The van der Waals surface area contributed by atoms with Gasteiger partial charge in [-0.3, -0.25) is 24.0 Å². The number of urea groups is 1. The quantitative estimate of drug-likeness (QED) is 0.121. The predicted octanol–water partition coefficient (Wildman–Crippen LogP) is 4.24. The number of carbonyl (C=O) groups excluding carboxylic acids is 6. The number of carbonyl (C=O) groups is 6. The Morgan fingerprint density at radius 2 is 1.58 bits per heavy atom. The summed E-state index contributed by atoms with van der Waals surface area (Å²) in [5.41, 5.74) is 5.12. The van der Waals surface area contributed by atoms with Gasteiger partial charge in [-0.2, -0.15) is 0 Å². The van der Waals surface area contributed by atoms with Crippen molar-refractivity contribution in [3.05, 3.63) is 36.5 Å². The number of primary amides is 1. The van der Waals surface area contributed by atoms with Gasteiger partial charge in [0.2, 0.25) is 17.6 Å². The predicted molar refractivity (Wildman–Crippen MR) is 186 cm³/mol. The van der Waals surface area contributed by atoms with Crippen LogP contribution < -0.4 is 21.7 Å². The highest BCUT2D eigenvalue weighted by atomic mass is 16.5. The molecular weight excluding hydrogens is 614 g/mol. The van der Waals surface area contributed by atoms with Gasteiger partial charge in [-0.05, 0) is 43.1 Å². The van der Waals surface area contributed by atoms with Crippen LogP contribution in [-0.2, 0) is 28.7 Å². The number of amides is 5. The molecule has 0 spiro atoms. The number of Topliss-reactive ketones (excluding diaryl/α,β-unsaturated/α-hetero) is 1. The van der Waals surface area contributed by atoms with Crippen LogP contribution >= 0.6 is 0 Å². The topological polar surface area (TPSA) is 177 Å². The number of ether oxygens (including phenoxy) is 1. The monoisotopic (exact) mass is 673 g/mol. The van der Waals surface area contributed by atoms with Crippen molar-refractivity contribution >= 4 is 35.5 Å². The maximum atomic E-state index is 13.6. The van der Waals surface area contributed by atoms with Crippen molar-refractivity contribution in [1.82, 2.24) is 20.9 Å². The number of likely N-dealkylation sites (tertiary alicyclic amines) is 1. The number of hydrogen-bond donors (Lipinski definition) is 4. The lowest BCUT2D eigenvalue weighted by Gasteiger charge is -2.35. The Balaban J connectivity index is 0.00000147. The average Bonchev–Trinajstić information content (AvgIpc) is 3.67. The lowest BCUT2D eigenvalue weighted by molar-refractivity contribution is -0.143. The lowest BCUT2D eigenvalue weighted by atomic mass is 9.85. The molecule has 0 aromatic rings. The molecule has 270 valence electrons. The van der Waals surface area contributed by atoms with Crippen molar-refractivity contribution in [2.75, 3.05) is 19.7 Å². The second-order valence-electron chi connectivity index (χ2n) is 13.5. The Bertz CT molecular complexity index is 1160. The van der Waals surface area contributed by atoms with E-state index in [4.69, 9.17) is 10.5 Å². The molecule has 1 heterocycles. The second kappa shape index (κ2) is 21.8. The number of nitrogens with one attached hydrogen (secondary N) is 3. The van der Waals surface area contributed by atoms with Gasteiger partial charge in [-0.25, -0.2) is 4.79 Å². The zero-order chi connectivity index (χ0) is 36.3. The Labute approximate surface area is 286 Å². The van der Waals surface area contributed by atoms with Crippen LogP contribution in [0.5, 0.6) is 0 Å². The van der Waals surface area contributed by atoms with E-state index in [0.29, 0.717) is 24.8 Å². The SMILES string of the molecule is C1CCC1.C=C/C(=C\C=C/C)COC(=O)CNC(=O)NC(C(=O)N1CCC[C@H]1C(=O)NC(CC1CC1)C(=O)C(N)=O)C(C)(C)C.CCC. The molecule has 2 aliphatic carbocycles. The van der Waals surface area contributed by atoms with Gasteiger partial charge < -0.3 is 31.3 Å². The highest BCUT2D eigenvalue weighted by molar-refractivity contribution is 6.37. The molecule has 0 aromatic carbocycles. The summed E-state index contributed by atoms with van der Waals surface area (Å²) >= 11 is 0. The molecule has 3 fully saturated rings. The van der Waals surface area contributed by atoms with E-state index in [9.17, 15) is 28.8 Å². The number of allylic oxidation sites excluding steroid dienone is 3. The van der Waals surface area contributed by atoms with Crippen LogP contribution in [0.3, 0.4) is 0 Å². The van der Waals surface area contributed by atoms with Crippen LogP contribution in [0.4, 0.5) is 4.79 Å². The molecule has 12 heteroatoms. The van der Waals surface area contributed by atoms with E-state index in [1.807, 2.05) is 13.0 Å². The number of hydrogen-bond acceptors (Lipinski definition) is 7. The fraction of sp³-hybridized carbons (Fsp3) is 0.667. The molecule has 0 radical (unpaired) electrons. The molecule has 1 saturated heterocycles. The molecule has 2 unspecified atom stereocenters. The highest BCUT2D eigenvalue weighted by Crippen LogP contribution is 2.34. The smallest absolute Gasteiger partial charge is 0.325 e. The van der Waals surface area contributed by atoms with Crippen molar-refractivity contribution in [3.8, 4) is 0 Å². The Morgan fingerprint density at radius 3 is 2.06 bits per heavy atom. The zero-order valence-electron chi connectivity index (χ0n) is 29.9. The second-order valence-corrected chi connectivity index (χ2v) is 13.5. The van der Waals surface area contributed by atoms with Crippen molar-refractivity contribution in [3.63, 3.8) is 0 Å². The van der Waals surface area contributed by atoms with Gasteiger partial charge in [0.05, 0.1) is 6.04 Å². The molecule has 5 N–H and O–H groups in total.